The van der Waals surface area contributed by atoms with Crippen LogP contribution in [-0.4, -0.2) is 34.8 Å². The number of unbranched alkanes of at least 4 members (excludes halogenated alkanes) is 2. The lowest BCUT2D eigenvalue weighted by Crippen LogP contribution is -2.30. The predicted molar refractivity (Wildman–Crippen MR) is 127 cm³/mol. The van der Waals surface area contributed by atoms with Gasteiger partial charge in [0.2, 0.25) is 0 Å². The number of carbonyl (C=O) groups excluding carboxylic acids is 2. The number of nitrogens with zero attached hydrogens (tertiary/aromatic N) is 1. The number of benzene rings is 2. The first-order chi connectivity index (χ1) is 15.4. The van der Waals surface area contributed by atoms with Crippen molar-refractivity contribution in [2.24, 2.45) is 0 Å². The van der Waals surface area contributed by atoms with Crippen LogP contribution in [-0.2, 0) is 9.59 Å². The maximum Gasteiger partial charge on any atom is 0.295 e. The van der Waals surface area contributed by atoms with Gasteiger partial charge in [-0.15, -0.1) is 0 Å². The van der Waals surface area contributed by atoms with Gasteiger partial charge in [0.1, 0.15) is 11.5 Å². The Morgan fingerprint density at radius 2 is 1.81 bits per heavy atom. The Kier molecular flexibility index (Phi) is 7.73. The Hall–Kier alpha value is -3.08. The number of aliphatic hydroxyl groups excluding tert-OH is 1. The van der Waals surface area contributed by atoms with E-state index in [0.717, 1.165) is 48.1 Å². The molecule has 0 radical (unpaired) electrons. The number of aliphatic hydroxyl groups is 1. The van der Waals surface area contributed by atoms with Crippen LogP contribution in [0.25, 0.3) is 5.76 Å². The molecule has 1 aliphatic rings. The summed E-state index contributed by atoms with van der Waals surface area (Å²) in [5, 5.41) is 11.2. The summed E-state index contributed by atoms with van der Waals surface area (Å²) in [6.07, 6.45) is 3.71. The summed E-state index contributed by atoms with van der Waals surface area (Å²) in [6, 6.07) is 12.5. The summed E-state index contributed by atoms with van der Waals surface area (Å²) in [4.78, 5) is 27.7. The summed E-state index contributed by atoms with van der Waals surface area (Å²) in [5.41, 5.74) is 3.40. The molecule has 32 heavy (non-hydrogen) atoms. The van der Waals surface area contributed by atoms with Crippen molar-refractivity contribution in [1.29, 1.82) is 0 Å². The van der Waals surface area contributed by atoms with Crippen LogP contribution in [0.3, 0.4) is 0 Å². The van der Waals surface area contributed by atoms with Crippen LogP contribution in [0.15, 0.2) is 48.0 Å². The number of rotatable bonds is 9. The molecule has 1 saturated heterocycles. The van der Waals surface area contributed by atoms with Gasteiger partial charge in [-0.2, -0.15) is 0 Å². The first-order valence-electron chi connectivity index (χ1n) is 11.5. The zero-order valence-corrected chi connectivity index (χ0v) is 19.5. The lowest BCUT2D eigenvalue weighted by atomic mass is 9.94. The second-order valence-corrected chi connectivity index (χ2v) is 8.44. The molecule has 1 unspecified atom stereocenters. The fourth-order valence-corrected chi connectivity index (χ4v) is 4.16. The third-order valence-electron chi connectivity index (χ3n) is 5.81. The minimum atomic E-state index is -0.630. The Labute approximate surface area is 190 Å². The highest BCUT2D eigenvalue weighted by Crippen LogP contribution is 2.40. The van der Waals surface area contributed by atoms with Gasteiger partial charge in [0, 0.05) is 12.1 Å². The monoisotopic (exact) mass is 435 g/mol. The zero-order chi connectivity index (χ0) is 23.3. The lowest BCUT2D eigenvalue weighted by Gasteiger charge is -2.25. The van der Waals surface area contributed by atoms with Crippen LogP contribution in [0, 0.1) is 13.8 Å². The molecular formula is C27H33NO4. The van der Waals surface area contributed by atoms with E-state index in [4.69, 9.17) is 4.74 Å². The quantitative estimate of drug-likeness (QED) is 0.237. The number of likely N-dealkylation sites (tertiary alicyclic amines) is 1. The van der Waals surface area contributed by atoms with E-state index in [1.165, 1.54) is 0 Å². The molecule has 2 aromatic carbocycles. The smallest absolute Gasteiger partial charge is 0.295 e. The van der Waals surface area contributed by atoms with E-state index in [0.29, 0.717) is 18.7 Å². The molecule has 1 N–H and O–H groups in total. The topological polar surface area (TPSA) is 66.8 Å². The molecule has 170 valence electrons. The third-order valence-corrected chi connectivity index (χ3v) is 5.81. The van der Waals surface area contributed by atoms with Crippen molar-refractivity contribution in [2.45, 2.75) is 59.4 Å². The van der Waals surface area contributed by atoms with Crippen molar-refractivity contribution in [3.63, 3.8) is 0 Å². The molecule has 5 nitrogen and oxygen atoms in total. The second kappa shape index (κ2) is 10.5. The number of carbonyl (C=O) groups is 2. The largest absolute Gasteiger partial charge is 0.507 e. The van der Waals surface area contributed by atoms with Gasteiger partial charge in [0.15, 0.2) is 0 Å². The Morgan fingerprint density at radius 1 is 1.03 bits per heavy atom. The molecule has 0 bridgehead atoms. The maximum absolute atomic E-state index is 13.1. The van der Waals surface area contributed by atoms with Gasteiger partial charge >= 0.3 is 0 Å². The van der Waals surface area contributed by atoms with Crippen molar-refractivity contribution >= 4 is 17.4 Å². The first-order valence-corrected chi connectivity index (χ1v) is 11.5. The van der Waals surface area contributed by atoms with E-state index in [2.05, 4.69) is 6.92 Å². The number of ketones is 1. The normalized spacial score (nSPS) is 17.8. The summed E-state index contributed by atoms with van der Waals surface area (Å²) < 4.78 is 5.73. The molecule has 1 heterocycles. The molecular weight excluding hydrogens is 402 g/mol. The Balaban J connectivity index is 2.08. The summed E-state index contributed by atoms with van der Waals surface area (Å²) in [7, 11) is 0. The predicted octanol–water partition coefficient (Wildman–Crippen LogP) is 5.70. The van der Waals surface area contributed by atoms with Crippen LogP contribution in [0.2, 0.25) is 0 Å². The fourth-order valence-electron chi connectivity index (χ4n) is 4.16. The van der Waals surface area contributed by atoms with E-state index in [9.17, 15) is 14.7 Å². The second-order valence-electron chi connectivity index (χ2n) is 8.44. The van der Waals surface area contributed by atoms with Crippen molar-refractivity contribution in [1.82, 2.24) is 4.90 Å². The van der Waals surface area contributed by atoms with E-state index >= 15 is 0 Å². The zero-order valence-electron chi connectivity index (χ0n) is 19.5. The minimum absolute atomic E-state index is 0.141. The number of amides is 1. The van der Waals surface area contributed by atoms with E-state index in [1.807, 2.05) is 45.0 Å². The van der Waals surface area contributed by atoms with Crippen molar-refractivity contribution in [2.75, 3.05) is 13.2 Å². The average Bonchev–Trinajstić information content (AvgIpc) is 3.03. The van der Waals surface area contributed by atoms with E-state index < -0.39 is 17.7 Å². The van der Waals surface area contributed by atoms with E-state index in [1.54, 1.807) is 23.1 Å². The maximum atomic E-state index is 13.1. The number of hydrogen-bond acceptors (Lipinski definition) is 4. The Bertz CT molecular complexity index is 1020. The highest BCUT2D eigenvalue weighted by Gasteiger charge is 2.45. The molecule has 0 spiro atoms. The van der Waals surface area contributed by atoms with Gasteiger partial charge in [0.25, 0.3) is 11.7 Å². The van der Waals surface area contributed by atoms with Gasteiger partial charge in [-0.3, -0.25) is 9.59 Å². The number of Topliss-reactive ketones (excluding diaryl/α,β-unsaturated/α-hetero) is 1. The molecule has 1 fully saturated rings. The molecule has 2 aromatic rings. The average molecular weight is 436 g/mol. The molecule has 1 amide bonds. The van der Waals surface area contributed by atoms with Crippen LogP contribution in [0.4, 0.5) is 0 Å². The van der Waals surface area contributed by atoms with E-state index in [-0.39, 0.29) is 11.3 Å². The van der Waals surface area contributed by atoms with Crippen LogP contribution in [0.5, 0.6) is 5.75 Å². The lowest BCUT2D eigenvalue weighted by molar-refractivity contribution is -0.139. The Morgan fingerprint density at radius 3 is 2.47 bits per heavy atom. The molecule has 3 rings (SSSR count). The fraction of sp³-hybridized carbons (Fsp3) is 0.407. The standard InChI is InChI=1S/C27H33NO4/c1-5-7-8-14-28-24(20-11-9-10-18(3)16-20)23(26(30)27(28)31)25(29)21-12-13-22(19(4)17-21)32-15-6-2/h9-13,16-17,24,29H,5-8,14-15H2,1-4H3/b25-23-. The molecule has 0 aromatic heterocycles. The van der Waals surface area contributed by atoms with Gasteiger partial charge in [-0.1, -0.05) is 56.5 Å². The minimum Gasteiger partial charge on any atom is -0.507 e. The molecule has 5 heteroatoms. The van der Waals surface area contributed by atoms with Gasteiger partial charge in [0.05, 0.1) is 18.2 Å². The first kappa shape index (κ1) is 23.6. The highest BCUT2D eigenvalue weighted by molar-refractivity contribution is 6.46. The summed E-state index contributed by atoms with van der Waals surface area (Å²) in [6.45, 7) is 9.12. The van der Waals surface area contributed by atoms with Crippen LogP contribution >= 0.6 is 0 Å². The SMILES string of the molecule is CCCCCN1C(=O)C(=O)/C(=C(\O)c2ccc(OCCC)c(C)c2)C1c1cccc(C)c1. The number of hydrogen-bond donors (Lipinski definition) is 1. The molecule has 1 aliphatic heterocycles. The third kappa shape index (κ3) is 4.87. The van der Waals surface area contributed by atoms with Gasteiger partial charge in [-0.05, 0) is 56.0 Å². The molecule has 0 aliphatic carbocycles. The van der Waals surface area contributed by atoms with Crippen molar-refractivity contribution in [3.05, 3.63) is 70.3 Å². The summed E-state index contributed by atoms with van der Waals surface area (Å²) in [5.74, 6) is -0.570. The van der Waals surface area contributed by atoms with Crippen molar-refractivity contribution in [3.8, 4) is 5.75 Å². The summed E-state index contributed by atoms with van der Waals surface area (Å²) >= 11 is 0. The number of ether oxygens (including phenoxy) is 1. The van der Waals surface area contributed by atoms with Crippen LogP contribution < -0.4 is 4.74 Å². The molecule has 0 saturated carbocycles. The van der Waals surface area contributed by atoms with Gasteiger partial charge in [-0.25, -0.2) is 0 Å². The number of aryl methyl sites for hydroxylation is 2. The van der Waals surface area contributed by atoms with Crippen molar-refractivity contribution < 1.29 is 19.4 Å². The molecule has 1 atom stereocenters. The van der Waals surface area contributed by atoms with Crippen LogP contribution in [0.1, 0.15) is 67.8 Å². The van der Waals surface area contributed by atoms with Gasteiger partial charge < -0.3 is 14.7 Å². The highest BCUT2D eigenvalue weighted by atomic mass is 16.5.